The zero-order valence-electron chi connectivity index (χ0n) is 34.0. The lowest BCUT2D eigenvalue weighted by atomic mass is 10.1. The molecule has 0 spiro atoms. The third-order valence-electron chi connectivity index (χ3n) is 11.7. The van der Waals surface area contributed by atoms with Crippen LogP contribution in [0.1, 0.15) is 55.8 Å². The van der Waals surface area contributed by atoms with Gasteiger partial charge in [-0.15, -0.1) is 5.10 Å². The molecule has 0 atom stereocenters. The minimum atomic E-state index is -4.65. The summed E-state index contributed by atoms with van der Waals surface area (Å²) >= 11 is 0. The number of hydrogen-bond acceptors (Lipinski definition) is 9. The van der Waals surface area contributed by atoms with Crippen molar-refractivity contribution < 1.29 is 27.5 Å². The van der Waals surface area contributed by atoms with Crippen LogP contribution in [0, 0.1) is 0 Å². The number of imide groups is 1. The number of aromatic nitrogens is 2. The van der Waals surface area contributed by atoms with Crippen molar-refractivity contribution >= 4 is 41.8 Å². The number of halogens is 3. The van der Waals surface area contributed by atoms with Gasteiger partial charge in [-0.1, -0.05) is 30.3 Å². The van der Waals surface area contributed by atoms with Crippen LogP contribution >= 0.6 is 0 Å². The van der Waals surface area contributed by atoms with Crippen molar-refractivity contribution in [2.45, 2.75) is 44.5 Å². The van der Waals surface area contributed by atoms with Crippen molar-refractivity contribution in [2.24, 2.45) is 10.2 Å². The molecule has 5 heterocycles. The second-order valence-corrected chi connectivity index (χ2v) is 15.8. The van der Waals surface area contributed by atoms with Gasteiger partial charge in [0.05, 0.1) is 46.3 Å². The summed E-state index contributed by atoms with van der Waals surface area (Å²) < 4.78 is 52.0. The van der Waals surface area contributed by atoms with Crippen molar-refractivity contribution in [3.8, 4) is 5.69 Å². The van der Waals surface area contributed by atoms with Crippen LogP contribution in [0.5, 0.6) is 0 Å². The van der Waals surface area contributed by atoms with Crippen LogP contribution in [0.25, 0.3) is 11.2 Å². The monoisotopic (exact) mass is 835 g/mol. The number of fused-ring (bicyclic) bond motifs is 2. The molecule has 0 saturated carbocycles. The van der Waals surface area contributed by atoms with E-state index in [2.05, 4.69) is 61.2 Å². The number of carbonyl (C=O) groups excluding carboxylic acids is 2. The third kappa shape index (κ3) is 9.25. The first kappa shape index (κ1) is 41.5. The Bertz CT molecular complexity index is 2500. The molecule has 61 heavy (non-hydrogen) atoms. The maximum atomic E-state index is 14.5. The number of benzene rings is 3. The number of piperidine rings is 1. The summed E-state index contributed by atoms with van der Waals surface area (Å²) in [5.74, 6) is -0.683. The molecule has 3 aromatic carbocycles. The summed E-state index contributed by atoms with van der Waals surface area (Å²) in [6, 6.07) is 22.3. The lowest BCUT2D eigenvalue weighted by Crippen LogP contribution is -2.47. The van der Waals surface area contributed by atoms with Gasteiger partial charge in [-0.05, 0) is 84.8 Å². The Balaban J connectivity index is 0.823. The molecule has 318 valence electrons. The number of rotatable bonds is 14. The summed E-state index contributed by atoms with van der Waals surface area (Å²) in [6.07, 6.45) is 2.65. The van der Waals surface area contributed by atoms with E-state index in [1.807, 2.05) is 36.2 Å². The molecule has 2 saturated heterocycles. The molecule has 0 aliphatic carbocycles. The molecule has 1 N–H and O–H groups in total. The van der Waals surface area contributed by atoms with Crippen molar-refractivity contribution in [2.75, 3.05) is 69.3 Å². The molecule has 3 aliphatic heterocycles. The minimum absolute atomic E-state index is 0.0557. The minimum Gasteiger partial charge on any atom is -0.378 e. The van der Waals surface area contributed by atoms with Gasteiger partial charge >= 0.3 is 11.9 Å². The molecule has 2 aromatic heterocycles. The highest BCUT2D eigenvalue weighted by Crippen LogP contribution is 2.34. The molecular formula is C45H48F3N9O4. The lowest BCUT2D eigenvalue weighted by molar-refractivity contribution is -0.136. The first-order chi connectivity index (χ1) is 29.4. The molecule has 8 rings (SSSR count). The van der Waals surface area contributed by atoms with E-state index in [1.54, 1.807) is 24.5 Å². The van der Waals surface area contributed by atoms with Gasteiger partial charge in [-0.3, -0.25) is 28.8 Å². The smallest absolute Gasteiger partial charge is 0.378 e. The molecule has 0 unspecified atom stereocenters. The fourth-order valence-corrected chi connectivity index (χ4v) is 8.47. The Morgan fingerprint density at radius 3 is 2.31 bits per heavy atom. The highest BCUT2D eigenvalue weighted by atomic mass is 19.4. The molecule has 2 fully saturated rings. The van der Waals surface area contributed by atoms with Gasteiger partial charge in [-0.2, -0.15) is 18.3 Å². The van der Waals surface area contributed by atoms with Crippen LogP contribution in [0.3, 0.4) is 0 Å². The zero-order chi connectivity index (χ0) is 42.7. The van der Waals surface area contributed by atoms with Gasteiger partial charge in [0.15, 0.2) is 0 Å². The van der Waals surface area contributed by atoms with Crippen LogP contribution in [0.15, 0.2) is 100 Å². The maximum Gasteiger partial charge on any atom is 0.418 e. The third-order valence-corrected chi connectivity index (χ3v) is 11.7. The van der Waals surface area contributed by atoms with Crippen LogP contribution in [-0.4, -0.2) is 109 Å². The molecule has 0 bridgehead atoms. The Morgan fingerprint density at radius 1 is 0.836 bits per heavy atom. The largest absolute Gasteiger partial charge is 0.418 e. The number of imidazole rings is 1. The number of amides is 2. The number of likely N-dealkylation sites (tertiary alicyclic amines) is 1. The van der Waals surface area contributed by atoms with E-state index in [4.69, 9.17) is 4.74 Å². The molecule has 16 heteroatoms. The number of anilines is 2. The quantitative estimate of drug-likeness (QED) is 0.0660. The van der Waals surface area contributed by atoms with Crippen molar-refractivity contribution in [3.05, 3.63) is 129 Å². The molecule has 0 radical (unpaired) electrons. The normalized spacial score (nSPS) is 16.5. The fourth-order valence-electron chi connectivity index (χ4n) is 8.47. The van der Waals surface area contributed by atoms with Crippen LogP contribution in [0.4, 0.5) is 24.5 Å². The van der Waals surface area contributed by atoms with Gasteiger partial charge in [0, 0.05) is 84.2 Å². The van der Waals surface area contributed by atoms with Gasteiger partial charge < -0.3 is 19.4 Å². The number of nitrogens with zero attached hydrogens (tertiary/aromatic N) is 8. The van der Waals surface area contributed by atoms with Crippen molar-refractivity contribution in [1.29, 1.82) is 0 Å². The first-order valence-electron chi connectivity index (χ1n) is 20.5. The second-order valence-electron chi connectivity index (χ2n) is 15.8. The number of pyridine rings is 1. The number of ether oxygens (including phenoxy) is 1. The first-order valence-corrected chi connectivity index (χ1v) is 20.5. The summed E-state index contributed by atoms with van der Waals surface area (Å²) in [5.41, 5.74) is 4.21. The molecule has 5 aromatic rings. The van der Waals surface area contributed by atoms with Gasteiger partial charge in [0.25, 0.3) is 11.8 Å². The predicted molar refractivity (Wildman–Crippen MR) is 229 cm³/mol. The van der Waals surface area contributed by atoms with Gasteiger partial charge in [0.1, 0.15) is 6.34 Å². The van der Waals surface area contributed by atoms with Crippen LogP contribution in [-0.2, 0) is 30.3 Å². The van der Waals surface area contributed by atoms with E-state index in [-0.39, 0.29) is 30.0 Å². The number of alkyl halides is 3. The summed E-state index contributed by atoms with van der Waals surface area (Å²) in [5, 5.41) is 9.62. The molecular weight excluding hydrogens is 788 g/mol. The van der Waals surface area contributed by atoms with Crippen LogP contribution in [0.2, 0.25) is 0 Å². The SMILES string of the molecule is C=N/N=C\N(C)CCc1cccc(-n2cc3c(C(F)(F)F)cc(CN4CCC(OCCc5ccc(N6CCN(c7cccc8c7C(=O)NC8=O)CC6)cc5)CC4)cn3c2=O)c1. The number of piperazine rings is 1. The molecule has 3 aliphatic rings. The van der Waals surface area contributed by atoms with Crippen LogP contribution < -0.4 is 20.8 Å². The lowest BCUT2D eigenvalue weighted by Gasteiger charge is -2.38. The number of carbonyl (C=O) groups is 2. The number of likely N-dealkylation sites (N-methyl/N-ethyl adjacent to an activating group) is 1. The van der Waals surface area contributed by atoms with E-state index >= 15 is 0 Å². The average Bonchev–Trinajstić information content (AvgIpc) is 3.76. The van der Waals surface area contributed by atoms with E-state index in [9.17, 15) is 27.6 Å². The zero-order valence-corrected chi connectivity index (χ0v) is 34.0. The Labute approximate surface area is 351 Å². The molecule has 13 nitrogen and oxygen atoms in total. The van der Waals surface area contributed by atoms with E-state index in [0.29, 0.717) is 55.0 Å². The van der Waals surface area contributed by atoms with Crippen molar-refractivity contribution in [3.63, 3.8) is 0 Å². The highest BCUT2D eigenvalue weighted by Gasteiger charge is 2.35. The summed E-state index contributed by atoms with van der Waals surface area (Å²) in [7, 11) is 1.85. The number of nitrogens with one attached hydrogen (secondary N) is 1. The average molecular weight is 836 g/mol. The van der Waals surface area contributed by atoms with E-state index in [1.165, 1.54) is 28.6 Å². The Kier molecular flexibility index (Phi) is 12.1. The predicted octanol–water partition coefficient (Wildman–Crippen LogP) is 5.66. The Hall–Kier alpha value is -6.26. The van der Waals surface area contributed by atoms with Crippen molar-refractivity contribution in [1.82, 2.24) is 24.1 Å². The van der Waals surface area contributed by atoms with E-state index in [0.717, 1.165) is 66.8 Å². The second kappa shape index (κ2) is 17.8. The number of hydrogen-bond donors (Lipinski definition) is 1. The van der Waals surface area contributed by atoms with E-state index < -0.39 is 17.4 Å². The summed E-state index contributed by atoms with van der Waals surface area (Å²) in [6.45, 7) is 9.14. The highest BCUT2D eigenvalue weighted by molar-refractivity contribution is 6.23. The van der Waals surface area contributed by atoms with Gasteiger partial charge in [-0.25, -0.2) is 4.79 Å². The fraction of sp³-hybridized carbons (Fsp3) is 0.356. The van der Waals surface area contributed by atoms with Gasteiger partial charge in [0.2, 0.25) is 0 Å². The maximum absolute atomic E-state index is 14.5. The molecule has 2 amide bonds. The summed E-state index contributed by atoms with van der Waals surface area (Å²) in [4.78, 5) is 46.6. The Morgan fingerprint density at radius 2 is 1.57 bits per heavy atom. The topological polar surface area (TPSA) is 119 Å². The standard InChI is InChI=1S/C45H48F3N9O4/c1-49-50-30-52(2)17-13-32-5-3-6-35(25-32)56-29-40-38(45(46,47)48)26-33(28-57(40)44(56)60)27-53-18-14-36(15-19-53)61-24-16-31-9-11-34(12-10-31)54-20-22-55(23-21-54)39-8-4-7-37-41(39)43(59)51-42(37)58/h3-12,25-26,28-30,36H,1,13-24,27H2,2H3,(H,51,58,59)/b50-30-.